The first-order valence-electron chi connectivity index (χ1n) is 10.8. The largest absolute Gasteiger partial charge is 0.496 e. The molecule has 0 unspecified atom stereocenters. The van der Waals surface area contributed by atoms with Crippen LogP contribution in [0.2, 0.25) is 0 Å². The number of hydrogen-bond acceptors (Lipinski definition) is 5. The van der Waals surface area contributed by atoms with E-state index in [1.807, 2.05) is 38.2 Å². The fraction of sp³-hybridized carbons (Fsp3) is 0.269. The molecular weight excluding hydrogens is 514 g/mol. The van der Waals surface area contributed by atoms with Gasteiger partial charge in [-0.2, -0.15) is 0 Å². The second-order valence-electron chi connectivity index (χ2n) is 9.04. The van der Waals surface area contributed by atoms with Crippen molar-refractivity contribution in [3.8, 4) is 5.75 Å². The van der Waals surface area contributed by atoms with E-state index < -0.39 is 11.8 Å². The van der Waals surface area contributed by atoms with Crippen molar-refractivity contribution in [2.45, 2.75) is 33.2 Å². The second-order valence-corrected chi connectivity index (χ2v) is 10.3. The quantitative estimate of drug-likeness (QED) is 0.328. The summed E-state index contributed by atoms with van der Waals surface area (Å²) >= 11 is 8.79. The Labute approximate surface area is 213 Å². The van der Waals surface area contributed by atoms with Gasteiger partial charge in [0.1, 0.15) is 11.3 Å². The first kappa shape index (κ1) is 24.2. The molecule has 1 N–H and O–H groups in total. The van der Waals surface area contributed by atoms with E-state index in [2.05, 4.69) is 53.0 Å². The highest BCUT2D eigenvalue weighted by atomic mass is 79.9. The second kappa shape index (κ2) is 8.67. The van der Waals surface area contributed by atoms with E-state index in [1.165, 1.54) is 4.90 Å². The average Bonchev–Trinajstić information content (AvgIpc) is 2.75. The number of likely N-dealkylation sites (N-methyl/N-ethyl adjacent to an activating group) is 1. The molecule has 0 atom stereocenters. The van der Waals surface area contributed by atoms with Crippen LogP contribution in [0.1, 0.15) is 37.5 Å². The van der Waals surface area contributed by atoms with Gasteiger partial charge in [-0.15, -0.1) is 0 Å². The van der Waals surface area contributed by atoms with Crippen LogP contribution in [0, 0.1) is 6.92 Å². The maximum atomic E-state index is 13.5. The molecule has 8 heteroatoms. The molecule has 0 spiro atoms. The van der Waals surface area contributed by atoms with Gasteiger partial charge in [0.05, 0.1) is 18.3 Å². The van der Waals surface area contributed by atoms with Gasteiger partial charge in [-0.1, -0.05) is 22.0 Å². The van der Waals surface area contributed by atoms with Gasteiger partial charge < -0.3 is 9.64 Å². The highest BCUT2D eigenvalue weighted by Crippen LogP contribution is 2.42. The van der Waals surface area contributed by atoms with Crippen molar-refractivity contribution in [3.63, 3.8) is 0 Å². The van der Waals surface area contributed by atoms with Crippen LogP contribution in [0.15, 0.2) is 46.5 Å². The lowest BCUT2D eigenvalue weighted by Crippen LogP contribution is -2.54. The Morgan fingerprint density at radius 3 is 2.47 bits per heavy atom. The Balaban J connectivity index is 1.83. The van der Waals surface area contributed by atoms with Crippen LogP contribution in [0.4, 0.5) is 11.4 Å². The maximum Gasteiger partial charge on any atom is 0.270 e. The van der Waals surface area contributed by atoms with E-state index in [4.69, 9.17) is 17.0 Å². The van der Waals surface area contributed by atoms with E-state index >= 15 is 0 Å². The number of fused-ring (bicyclic) bond motifs is 1. The van der Waals surface area contributed by atoms with Gasteiger partial charge in [-0.05, 0) is 81.4 Å². The summed E-state index contributed by atoms with van der Waals surface area (Å²) in [6.45, 7) is 8.24. The predicted octanol–water partition coefficient (Wildman–Crippen LogP) is 5.23. The highest BCUT2D eigenvalue weighted by Gasteiger charge is 2.36. The van der Waals surface area contributed by atoms with Crippen molar-refractivity contribution in [1.82, 2.24) is 5.32 Å². The fourth-order valence-corrected chi connectivity index (χ4v) is 5.13. The molecule has 2 amide bonds. The number of nitrogens with zero attached hydrogens (tertiary/aromatic N) is 2. The maximum absolute atomic E-state index is 13.5. The van der Waals surface area contributed by atoms with Crippen molar-refractivity contribution in [2.75, 3.05) is 24.0 Å². The highest BCUT2D eigenvalue weighted by molar-refractivity contribution is 9.10. The lowest BCUT2D eigenvalue weighted by atomic mass is 9.88. The predicted molar refractivity (Wildman–Crippen MR) is 144 cm³/mol. The first-order chi connectivity index (χ1) is 15.9. The molecule has 2 aliphatic heterocycles. The van der Waals surface area contributed by atoms with Gasteiger partial charge in [0.2, 0.25) is 0 Å². The van der Waals surface area contributed by atoms with Crippen molar-refractivity contribution >= 4 is 68.1 Å². The van der Waals surface area contributed by atoms with Gasteiger partial charge in [0.15, 0.2) is 5.11 Å². The number of carbonyl (C=O) groups is 2. The lowest BCUT2D eigenvalue weighted by molar-refractivity contribution is -0.122. The van der Waals surface area contributed by atoms with Crippen LogP contribution in [-0.2, 0) is 9.59 Å². The molecule has 0 radical (unpaired) electrons. The number of amides is 2. The standard InChI is InChI=1S/C26H26BrN3O3S/c1-14-9-17(27)7-8-20(14)30-24(32)19(23(31)28-25(30)34)11-16-10-18-15(2)13-26(3,4)29(5)21(18)12-22(16)33-6/h7-13H,1-6H3,(H,28,31,34)/b19-11-. The van der Waals surface area contributed by atoms with Gasteiger partial charge in [0.25, 0.3) is 11.8 Å². The molecule has 4 rings (SSSR count). The molecular formula is C26H26BrN3O3S. The molecule has 176 valence electrons. The van der Waals surface area contributed by atoms with Crippen molar-refractivity contribution in [2.24, 2.45) is 0 Å². The Bertz CT molecular complexity index is 1310. The minimum Gasteiger partial charge on any atom is -0.496 e. The summed E-state index contributed by atoms with van der Waals surface area (Å²) in [7, 11) is 3.62. The average molecular weight is 540 g/mol. The number of aryl methyl sites for hydroxylation is 1. The Hall–Kier alpha value is -2.97. The van der Waals surface area contributed by atoms with Gasteiger partial charge >= 0.3 is 0 Å². The number of ether oxygens (including phenoxy) is 1. The van der Waals surface area contributed by atoms with Gasteiger partial charge in [-0.3, -0.25) is 19.8 Å². The van der Waals surface area contributed by atoms with Crippen molar-refractivity contribution in [1.29, 1.82) is 0 Å². The number of halogens is 1. The molecule has 1 fully saturated rings. The Kier molecular flexibility index (Phi) is 6.16. The molecule has 1 saturated heterocycles. The fourth-order valence-electron chi connectivity index (χ4n) is 4.39. The van der Waals surface area contributed by atoms with Crippen LogP contribution < -0.4 is 19.9 Å². The number of allylic oxidation sites excluding steroid dienone is 1. The number of anilines is 2. The van der Waals surface area contributed by atoms with E-state index in [-0.39, 0.29) is 16.2 Å². The molecule has 34 heavy (non-hydrogen) atoms. The van der Waals surface area contributed by atoms with E-state index in [1.54, 1.807) is 19.3 Å². The third kappa shape index (κ3) is 4.05. The van der Waals surface area contributed by atoms with Crippen molar-refractivity contribution in [3.05, 3.63) is 63.1 Å². The molecule has 2 heterocycles. The number of nitrogens with one attached hydrogen (secondary N) is 1. The molecule has 0 aliphatic carbocycles. The molecule has 2 aromatic rings. The van der Waals surface area contributed by atoms with Gasteiger partial charge in [-0.25, -0.2) is 0 Å². The zero-order valence-electron chi connectivity index (χ0n) is 19.9. The Morgan fingerprint density at radius 2 is 1.82 bits per heavy atom. The summed E-state index contributed by atoms with van der Waals surface area (Å²) in [5.74, 6) is -0.445. The zero-order chi connectivity index (χ0) is 24.9. The third-order valence-corrected chi connectivity index (χ3v) is 7.15. The Morgan fingerprint density at radius 1 is 1.12 bits per heavy atom. The van der Waals surface area contributed by atoms with Crippen LogP contribution in [0.5, 0.6) is 5.75 Å². The van der Waals surface area contributed by atoms with E-state index in [0.29, 0.717) is 17.0 Å². The van der Waals surface area contributed by atoms with Gasteiger partial charge in [0, 0.05) is 34.4 Å². The number of carbonyl (C=O) groups excluding carboxylic acids is 2. The molecule has 0 aromatic heterocycles. The van der Waals surface area contributed by atoms with Crippen LogP contribution >= 0.6 is 28.1 Å². The van der Waals surface area contributed by atoms with Crippen LogP contribution in [0.25, 0.3) is 11.6 Å². The monoisotopic (exact) mass is 539 g/mol. The third-order valence-electron chi connectivity index (χ3n) is 6.37. The molecule has 0 bridgehead atoms. The summed E-state index contributed by atoms with van der Waals surface area (Å²) in [6.07, 6.45) is 3.78. The lowest BCUT2D eigenvalue weighted by Gasteiger charge is -2.41. The number of hydrogen-bond donors (Lipinski definition) is 1. The summed E-state index contributed by atoms with van der Waals surface area (Å²) in [5, 5.41) is 2.71. The summed E-state index contributed by atoms with van der Waals surface area (Å²) in [4.78, 5) is 29.9. The zero-order valence-corrected chi connectivity index (χ0v) is 22.3. The smallest absolute Gasteiger partial charge is 0.270 e. The van der Waals surface area contributed by atoms with Crippen LogP contribution in [-0.4, -0.2) is 36.6 Å². The summed E-state index contributed by atoms with van der Waals surface area (Å²) in [5.41, 5.74) is 5.10. The number of benzene rings is 2. The van der Waals surface area contributed by atoms with E-state index in [9.17, 15) is 9.59 Å². The summed E-state index contributed by atoms with van der Waals surface area (Å²) < 4.78 is 6.55. The minimum atomic E-state index is -0.536. The topological polar surface area (TPSA) is 61.9 Å². The number of methoxy groups -OCH3 is 1. The van der Waals surface area contributed by atoms with Crippen LogP contribution in [0.3, 0.4) is 0 Å². The molecule has 2 aromatic carbocycles. The normalized spacial score (nSPS) is 18.6. The molecule has 0 saturated carbocycles. The molecule has 2 aliphatic rings. The first-order valence-corrected chi connectivity index (χ1v) is 12.0. The van der Waals surface area contributed by atoms with E-state index in [0.717, 1.165) is 26.9 Å². The molecule has 6 nitrogen and oxygen atoms in total. The SMILES string of the molecule is COc1cc2c(cc1/C=C1/C(=O)NC(=S)N(c3ccc(Br)cc3C)C1=O)C(C)=CC(C)(C)N2C. The number of thiocarbonyl (C=S) groups is 1. The summed E-state index contributed by atoms with van der Waals surface area (Å²) in [6, 6.07) is 9.43. The van der Waals surface area contributed by atoms with Crippen molar-refractivity contribution < 1.29 is 14.3 Å². The minimum absolute atomic E-state index is 0.0136. The number of rotatable bonds is 3.